The van der Waals surface area contributed by atoms with Gasteiger partial charge in [-0.15, -0.1) is 11.3 Å². The van der Waals surface area contributed by atoms with E-state index in [0.717, 1.165) is 29.3 Å². The van der Waals surface area contributed by atoms with Crippen molar-refractivity contribution in [1.82, 2.24) is 14.8 Å². The van der Waals surface area contributed by atoms with E-state index >= 15 is 0 Å². The Labute approximate surface area is 207 Å². The first-order valence-electron chi connectivity index (χ1n) is 11.5. The summed E-state index contributed by atoms with van der Waals surface area (Å²) in [7, 11) is 0. The summed E-state index contributed by atoms with van der Waals surface area (Å²) >= 11 is 1.71. The number of urea groups is 1. The standard InChI is InChI=1S/C26H27N3O5S/c1-16-13-20(17(2)28(16)9-8-19-5-4-12-35-19)21(30)15-29-24(31)26(3,27-25(29)32)18-6-7-22-23(14-18)34-11-10-33-22/h4-7,12-14H,8-11,15H2,1-3H3,(H,27,32). The molecule has 0 spiro atoms. The minimum absolute atomic E-state index is 0.268. The molecule has 1 N–H and O–H groups in total. The van der Waals surface area contributed by atoms with E-state index in [4.69, 9.17) is 9.47 Å². The Balaban J connectivity index is 1.33. The SMILES string of the molecule is Cc1cc(C(=O)CN2C(=O)NC(C)(c3ccc4c(c3)OCCO4)C2=O)c(C)n1CCc1cccs1. The van der Waals surface area contributed by atoms with Crippen molar-refractivity contribution in [2.24, 2.45) is 0 Å². The number of imide groups is 1. The number of hydrogen-bond donors (Lipinski definition) is 1. The van der Waals surface area contributed by atoms with Crippen molar-refractivity contribution in [3.05, 3.63) is 69.2 Å². The Bertz CT molecular complexity index is 1310. The number of nitrogens with zero attached hydrogens (tertiary/aromatic N) is 2. The zero-order valence-electron chi connectivity index (χ0n) is 19.9. The number of aryl methyl sites for hydroxylation is 2. The molecule has 1 atom stereocenters. The van der Waals surface area contributed by atoms with E-state index in [9.17, 15) is 14.4 Å². The van der Waals surface area contributed by atoms with Gasteiger partial charge in [0.2, 0.25) is 0 Å². The van der Waals surface area contributed by atoms with Crippen molar-refractivity contribution in [2.45, 2.75) is 39.3 Å². The summed E-state index contributed by atoms with van der Waals surface area (Å²) in [4.78, 5) is 41.7. The minimum atomic E-state index is -1.30. The molecule has 9 heteroatoms. The highest BCUT2D eigenvalue weighted by Gasteiger charge is 2.50. The maximum absolute atomic E-state index is 13.4. The molecule has 5 rings (SSSR count). The second-order valence-electron chi connectivity index (χ2n) is 8.99. The Morgan fingerprint density at radius 3 is 2.63 bits per heavy atom. The highest BCUT2D eigenvalue weighted by Crippen LogP contribution is 2.37. The average Bonchev–Trinajstić information content (AvgIpc) is 3.52. The molecule has 0 saturated carbocycles. The number of fused-ring (bicyclic) bond motifs is 1. The molecule has 3 aromatic rings. The molecule has 1 fully saturated rings. The summed E-state index contributed by atoms with van der Waals surface area (Å²) < 4.78 is 13.3. The zero-order chi connectivity index (χ0) is 24.7. The van der Waals surface area contributed by atoms with E-state index in [1.807, 2.05) is 26.0 Å². The molecule has 182 valence electrons. The summed E-state index contributed by atoms with van der Waals surface area (Å²) in [6.45, 7) is 6.82. The van der Waals surface area contributed by atoms with Gasteiger partial charge in [0.1, 0.15) is 18.8 Å². The average molecular weight is 494 g/mol. The number of nitrogens with one attached hydrogen (secondary N) is 1. The number of benzene rings is 1. The number of ether oxygens (including phenoxy) is 2. The van der Waals surface area contributed by atoms with Crippen LogP contribution in [0.2, 0.25) is 0 Å². The summed E-state index contributed by atoms with van der Waals surface area (Å²) in [5.74, 6) is 0.387. The Hall–Kier alpha value is -3.59. The molecular weight excluding hydrogens is 466 g/mol. The molecule has 0 bridgehead atoms. The summed E-state index contributed by atoms with van der Waals surface area (Å²) in [6, 6.07) is 10.5. The second-order valence-corrected chi connectivity index (χ2v) is 10.0. The van der Waals surface area contributed by atoms with Crippen LogP contribution in [-0.2, 0) is 23.3 Å². The van der Waals surface area contributed by atoms with Crippen molar-refractivity contribution in [3.63, 3.8) is 0 Å². The van der Waals surface area contributed by atoms with Crippen LogP contribution in [0.3, 0.4) is 0 Å². The van der Waals surface area contributed by atoms with Crippen LogP contribution in [0.15, 0.2) is 41.8 Å². The minimum Gasteiger partial charge on any atom is -0.486 e. The fraction of sp³-hybridized carbons (Fsp3) is 0.346. The third-order valence-electron chi connectivity index (χ3n) is 6.73. The van der Waals surface area contributed by atoms with Crippen molar-refractivity contribution in [2.75, 3.05) is 19.8 Å². The quantitative estimate of drug-likeness (QED) is 0.399. The summed E-state index contributed by atoms with van der Waals surface area (Å²) in [5, 5.41) is 4.81. The fourth-order valence-corrected chi connectivity index (χ4v) is 5.42. The van der Waals surface area contributed by atoms with Crippen LogP contribution in [0.25, 0.3) is 0 Å². The summed E-state index contributed by atoms with van der Waals surface area (Å²) in [6.07, 6.45) is 0.878. The van der Waals surface area contributed by atoms with Crippen molar-refractivity contribution < 1.29 is 23.9 Å². The number of carbonyl (C=O) groups is 3. The van der Waals surface area contributed by atoms with Gasteiger partial charge in [0, 0.05) is 28.4 Å². The Kier molecular flexibility index (Phi) is 5.88. The molecule has 2 aliphatic rings. The molecule has 4 heterocycles. The van der Waals surface area contributed by atoms with Gasteiger partial charge >= 0.3 is 6.03 Å². The van der Waals surface area contributed by atoms with E-state index in [-0.39, 0.29) is 12.3 Å². The normalized spacial score (nSPS) is 19.2. The van der Waals surface area contributed by atoms with Crippen LogP contribution in [0, 0.1) is 13.8 Å². The molecule has 3 amide bonds. The van der Waals surface area contributed by atoms with Gasteiger partial charge in [-0.2, -0.15) is 0 Å². The van der Waals surface area contributed by atoms with Gasteiger partial charge in [0.25, 0.3) is 5.91 Å². The van der Waals surface area contributed by atoms with E-state index in [1.54, 1.807) is 36.5 Å². The largest absolute Gasteiger partial charge is 0.486 e. The highest BCUT2D eigenvalue weighted by atomic mass is 32.1. The third-order valence-corrected chi connectivity index (χ3v) is 7.67. The van der Waals surface area contributed by atoms with Gasteiger partial charge in [-0.1, -0.05) is 12.1 Å². The van der Waals surface area contributed by atoms with Crippen LogP contribution in [0.5, 0.6) is 11.5 Å². The highest BCUT2D eigenvalue weighted by molar-refractivity contribution is 7.09. The van der Waals surface area contributed by atoms with E-state index < -0.39 is 17.5 Å². The van der Waals surface area contributed by atoms with Gasteiger partial charge in [-0.3, -0.25) is 14.5 Å². The number of rotatable bonds is 7. The lowest BCUT2D eigenvalue weighted by Crippen LogP contribution is -2.41. The van der Waals surface area contributed by atoms with Crippen molar-refractivity contribution in [3.8, 4) is 11.5 Å². The van der Waals surface area contributed by atoms with Crippen LogP contribution in [0.4, 0.5) is 4.79 Å². The molecule has 0 aliphatic carbocycles. The van der Waals surface area contributed by atoms with Gasteiger partial charge in [-0.25, -0.2) is 4.79 Å². The molecule has 1 saturated heterocycles. The number of thiophene rings is 1. The topological polar surface area (TPSA) is 89.9 Å². The van der Waals surface area contributed by atoms with Crippen molar-refractivity contribution in [1.29, 1.82) is 0 Å². The smallest absolute Gasteiger partial charge is 0.325 e. The maximum Gasteiger partial charge on any atom is 0.325 e. The number of amides is 3. The first-order valence-corrected chi connectivity index (χ1v) is 12.4. The monoisotopic (exact) mass is 493 g/mol. The van der Waals surface area contributed by atoms with Crippen LogP contribution < -0.4 is 14.8 Å². The second kappa shape index (κ2) is 8.88. The van der Waals surface area contributed by atoms with Gasteiger partial charge in [0.05, 0.1) is 6.54 Å². The number of Topliss-reactive ketones (excluding diaryl/α,β-unsaturated/α-hetero) is 1. The third kappa shape index (κ3) is 4.10. The fourth-order valence-electron chi connectivity index (χ4n) is 4.72. The molecule has 0 radical (unpaired) electrons. The lowest BCUT2D eigenvalue weighted by molar-refractivity contribution is -0.130. The zero-order valence-corrected chi connectivity index (χ0v) is 20.7. The van der Waals surface area contributed by atoms with E-state index in [1.165, 1.54) is 4.88 Å². The Morgan fingerprint density at radius 1 is 1.11 bits per heavy atom. The number of ketones is 1. The van der Waals surface area contributed by atoms with E-state index in [0.29, 0.717) is 35.8 Å². The van der Waals surface area contributed by atoms with Crippen molar-refractivity contribution >= 4 is 29.1 Å². The lowest BCUT2D eigenvalue weighted by atomic mass is 9.91. The van der Waals surface area contributed by atoms with Crippen LogP contribution in [-0.4, -0.2) is 46.9 Å². The number of hydrogen-bond acceptors (Lipinski definition) is 6. The molecular formula is C26H27N3O5S. The van der Waals surface area contributed by atoms with Crippen LogP contribution >= 0.6 is 11.3 Å². The van der Waals surface area contributed by atoms with Gasteiger partial charge < -0.3 is 19.4 Å². The Morgan fingerprint density at radius 2 is 1.89 bits per heavy atom. The molecule has 2 aromatic heterocycles. The predicted molar refractivity (Wildman–Crippen MR) is 131 cm³/mol. The van der Waals surface area contributed by atoms with Gasteiger partial charge in [0.15, 0.2) is 17.3 Å². The molecule has 2 aliphatic heterocycles. The maximum atomic E-state index is 13.4. The van der Waals surface area contributed by atoms with Crippen LogP contribution in [0.1, 0.15) is 39.1 Å². The summed E-state index contributed by atoms with van der Waals surface area (Å²) in [5.41, 5.74) is 1.61. The predicted octanol–water partition coefficient (Wildman–Crippen LogP) is 3.83. The number of aromatic nitrogens is 1. The molecule has 8 nitrogen and oxygen atoms in total. The molecule has 35 heavy (non-hydrogen) atoms. The number of carbonyl (C=O) groups excluding carboxylic acids is 3. The lowest BCUT2D eigenvalue weighted by Gasteiger charge is -2.25. The van der Waals surface area contributed by atoms with E-state index in [2.05, 4.69) is 21.3 Å². The van der Waals surface area contributed by atoms with Gasteiger partial charge in [-0.05, 0) is 62.4 Å². The first kappa shape index (κ1) is 23.2. The molecule has 1 unspecified atom stereocenters. The first-order chi connectivity index (χ1) is 16.8. The molecule has 1 aromatic carbocycles.